The second-order valence-corrected chi connectivity index (χ2v) is 6.04. The summed E-state index contributed by atoms with van der Waals surface area (Å²) < 4.78 is 2.31. The molecule has 0 spiro atoms. The molecule has 1 atom stereocenters. The van der Waals surface area contributed by atoms with E-state index in [2.05, 4.69) is 35.1 Å². The van der Waals surface area contributed by atoms with Crippen LogP contribution in [-0.4, -0.2) is 15.8 Å². The molecule has 0 bridgehead atoms. The number of nitrogens with one attached hydrogen (secondary N) is 1. The molecule has 0 saturated heterocycles. The van der Waals surface area contributed by atoms with Gasteiger partial charge in [-0.15, -0.1) is 0 Å². The summed E-state index contributed by atoms with van der Waals surface area (Å²) in [5.74, 6) is 0.879. The molecule has 3 heteroatoms. The van der Waals surface area contributed by atoms with Gasteiger partial charge in [0.15, 0.2) is 0 Å². The Balaban J connectivity index is 1.74. The van der Waals surface area contributed by atoms with E-state index in [-0.39, 0.29) is 0 Å². The summed E-state index contributed by atoms with van der Waals surface area (Å²) in [5, 5.41) is 8.29. The average Bonchev–Trinajstić information content (AvgIpc) is 3.25. The third-order valence-electron chi connectivity index (χ3n) is 4.32. The van der Waals surface area contributed by atoms with Gasteiger partial charge in [0.25, 0.3) is 0 Å². The fourth-order valence-corrected chi connectivity index (χ4v) is 2.75. The quantitative estimate of drug-likeness (QED) is 0.802. The van der Waals surface area contributed by atoms with Crippen LogP contribution in [-0.2, 0) is 13.0 Å². The summed E-state index contributed by atoms with van der Waals surface area (Å²) in [4.78, 5) is 0. The van der Waals surface area contributed by atoms with E-state index in [1.807, 2.05) is 0 Å². The largest absolute Gasteiger partial charge is 0.310 e. The van der Waals surface area contributed by atoms with Gasteiger partial charge >= 0.3 is 0 Å². The maximum Gasteiger partial charge on any atom is 0.0537 e. The van der Waals surface area contributed by atoms with E-state index in [1.54, 1.807) is 0 Å². The number of nitrogens with zero attached hydrogens (tertiary/aromatic N) is 2. The maximum absolute atomic E-state index is 4.67. The van der Waals surface area contributed by atoms with Crippen molar-refractivity contribution in [3.63, 3.8) is 0 Å². The van der Waals surface area contributed by atoms with Gasteiger partial charge in [0, 0.05) is 23.8 Å². The summed E-state index contributed by atoms with van der Waals surface area (Å²) in [6.07, 6.45) is 9.97. The highest BCUT2D eigenvalue weighted by Crippen LogP contribution is 2.40. The van der Waals surface area contributed by atoms with Gasteiger partial charge in [0.1, 0.15) is 0 Å². The highest BCUT2D eigenvalue weighted by Gasteiger charge is 2.31. The molecule has 2 aliphatic rings. The zero-order valence-corrected chi connectivity index (χ0v) is 11.7. The molecule has 2 saturated carbocycles. The topological polar surface area (TPSA) is 29.9 Å². The second kappa shape index (κ2) is 5.04. The highest BCUT2D eigenvalue weighted by atomic mass is 15.3. The molecule has 1 N–H and O–H groups in total. The standard InChI is InChI=1S/C15H25N3/c1-3-4-15-13(9-16-14-7-8-14)10-17-18(15)11(2)12-5-6-12/h10-12,14,16H,3-9H2,1-2H3. The van der Waals surface area contributed by atoms with Gasteiger partial charge in [0.2, 0.25) is 0 Å². The van der Waals surface area contributed by atoms with Crippen LogP contribution in [0.2, 0.25) is 0 Å². The summed E-state index contributed by atoms with van der Waals surface area (Å²) in [5.41, 5.74) is 2.90. The minimum absolute atomic E-state index is 0.598. The molecule has 0 aliphatic heterocycles. The van der Waals surface area contributed by atoms with Crippen LogP contribution in [0.1, 0.15) is 63.3 Å². The van der Waals surface area contributed by atoms with E-state index in [1.165, 1.54) is 49.8 Å². The molecule has 1 aromatic rings. The van der Waals surface area contributed by atoms with Crippen LogP contribution in [0.15, 0.2) is 6.20 Å². The molecule has 0 amide bonds. The first-order valence-electron chi connectivity index (χ1n) is 7.58. The molecular formula is C15H25N3. The molecule has 2 fully saturated rings. The molecule has 0 aromatic carbocycles. The number of rotatable bonds is 7. The van der Waals surface area contributed by atoms with Crippen molar-refractivity contribution in [3.8, 4) is 0 Å². The lowest BCUT2D eigenvalue weighted by Gasteiger charge is -2.16. The number of hydrogen-bond acceptors (Lipinski definition) is 2. The van der Waals surface area contributed by atoms with E-state index in [0.717, 1.165) is 18.5 Å². The Morgan fingerprint density at radius 1 is 1.39 bits per heavy atom. The summed E-state index contributed by atoms with van der Waals surface area (Å²) >= 11 is 0. The molecule has 3 rings (SSSR count). The van der Waals surface area contributed by atoms with E-state index in [0.29, 0.717) is 6.04 Å². The van der Waals surface area contributed by atoms with Gasteiger partial charge in [0.05, 0.1) is 12.2 Å². The molecular weight excluding hydrogens is 222 g/mol. The van der Waals surface area contributed by atoms with E-state index in [4.69, 9.17) is 0 Å². The van der Waals surface area contributed by atoms with Crippen LogP contribution in [0, 0.1) is 5.92 Å². The van der Waals surface area contributed by atoms with Crippen LogP contribution < -0.4 is 5.32 Å². The lowest BCUT2D eigenvalue weighted by atomic mass is 10.1. The predicted molar refractivity (Wildman–Crippen MR) is 73.5 cm³/mol. The fraction of sp³-hybridized carbons (Fsp3) is 0.800. The lowest BCUT2D eigenvalue weighted by molar-refractivity contribution is 0.423. The van der Waals surface area contributed by atoms with Crippen molar-refractivity contribution < 1.29 is 0 Å². The molecule has 18 heavy (non-hydrogen) atoms. The van der Waals surface area contributed by atoms with Crippen molar-refractivity contribution in [2.45, 2.75) is 71.0 Å². The van der Waals surface area contributed by atoms with Gasteiger partial charge in [-0.1, -0.05) is 13.3 Å². The van der Waals surface area contributed by atoms with Crippen LogP contribution in [0.5, 0.6) is 0 Å². The molecule has 0 radical (unpaired) electrons. The predicted octanol–water partition coefficient (Wildman–Crippen LogP) is 3.06. The van der Waals surface area contributed by atoms with Crippen molar-refractivity contribution in [3.05, 3.63) is 17.5 Å². The van der Waals surface area contributed by atoms with Crippen molar-refractivity contribution in [1.29, 1.82) is 0 Å². The van der Waals surface area contributed by atoms with Crippen LogP contribution in [0.3, 0.4) is 0 Å². The third kappa shape index (κ3) is 2.61. The number of hydrogen-bond donors (Lipinski definition) is 1. The first-order valence-corrected chi connectivity index (χ1v) is 7.58. The third-order valence-corrected chi connectivity index (χ3v) is 4.32. The fourth-order valence-electron chi connectivity index (χ4n) is 2.75. The maximum atomic E-state index is 4.67. The molecule has 1 unspecified atom stereocenters. The Morgan fingerprint density at radius 3 is 2.78 bits per heavy atom. The minimum atomic E-state index is 0.598. The van der Waals surface area contributed by atoms with Gasteiger partial charge in [-0.3, -0.25) is 4.68 Å². The first-order chi connectivity index (χ1) is 8.79. The molecule has 3 nitrogen and oxygen atoms in total. The highest BCUT2D eigenvalue weighted by molar-refractivity contribution is 5.19. The zero-order chi connectivity index (χ0) is 12.5. The average molecular weight is 247 g/mol. The van der Waals surface area contributed by atoms with E-state index < -0.39 is 0 Å². The van der Waals surface area contributed by atoms with E-state index >= 15 is 0 Å². The molecule has 2 aliphatic carbocycles. The monoisotopic (exact) mass is 247 g/mol. The van der Waals surface area contributed by atoms with Crippen LogP contribution in [0.4, 0.5) is 0 Å². The normalized spacial score (nSPS) is 21.2. The van der Waals surface area contributed by atoms with Gasteiger partial charge in [-0.25, -0.2) is 0 Å². The van der Waals surface area contributed by atoms with Gasteiger partial charge in [-0.05, 0) is 44.9 Å². The van der Waals surface area contributed by atoms with Gasteiger partial charge < -0.3 is 5.32 Å². The zero-order valence-electron chi connectivity index (χ0n) is 11.7. The first kappa shape index (κ1) is 12.2. The van der Waals surface area contributed by atoms with E-state index in [9.17, 15) is 0 Å². The molecule has 1 aromatic heterocycles. The van der Waals surface area contributed by atoms with Crippen molar-refractivity contribution in [1.82, 2.24) is 15.1 Å². The Morgan fingerprint density at radius 2 is 2.17 bits per heavy atom. The van der Waals surface area contributed by atoms with Crippen LogP contribution >= 0.6 is 0 Å². The SMILES string of the molecule is CCCc1c(CNC2CC2)cnn1C(C)C1CC1. The van der Waals surface area contributed by atoms with Crippen LogP contribution in [0.25, 0.3) is 0 Å². The van der Waals surface area contributed by atoms with Gasteiger partial charge in [-0.2, -0.15) is 5.10 Å². The Bertz CT molecular complexity index is 402. The molecule has 100 valence electrons. The summed E-state index contributed by atoms with van der Waals surface area (Å²) in [7, 11) is 0. The summed E-state index contributed by atoms with van der Waals surface area (Å²) in [6.45, 7) is 5.61. The smallest absolute Gasteiger partial charge is 0.0537 e. The molecule has 1 heterocycles. The minimum Gasteiger partial charge on any atom is -0.310 e. The Kier molecular flexibility index (Phi) is 3.42. The Hall–Kier alpha value is -0.830. The summed E-state index contributed by atoms with van der Waals surface area (Å²) in [6, 6.07) is 1.38. The van der Waals surface area contributed by atoms with Crippen molar-refractivity contribution in [2.75, 3.05) is 0 Å². The second-order valence-electron chi connectivity index (χ2n) is 6.04. The van der Waals surface area contributed by atoms with Crippen molar-refractivity contribution >= 4 is 0 Å². The Labute approximate surface area is 110 Å². The van der Waals surface area contributed by atoms with Crippen molar-refractivity contribution in [2.24, 2.45) is 5.92 Å². The lowest BCUT2D eigenvalue weighted by Crippen LogP contribution is -2.18. The number of aromatic nitrogens is 2.